The molecule has 1 aliphatic rings. The summed E-state index contributed by atoms with van der Waals surface area (Å²) >= 11 is 0. The van der Waals surface area contributed by atoms with Gasteiger partial charge >= 0.3 is 23.0 Å². The highest BCUT2D eigenvalue weighted by atomic mass is 17.0. The second-order valence-electron chi connectivity index (χ2n) is 14.4. The average molecular weight is 831 g/mol. The first kappa shape index (κ1) is 47.7. The molecule has 59 heavy (non-hydrogen) atoms. The van der Waals surface area contributed by atoms with Crippen LogP contribution in [-0.4, -0.2) is 121 Å². The Morgan fingerprint density at radius 3 is 2.24 bits per heavy atom. The van der Waals surface area contributed by atoms with Gasteiger partial charge in [-0.3, -0.25) is 19.9 Å². The van der Waals surface area contributed by atoms with Gasteiger partial charge in [0.2, 0.25) is 0 Å². The number of carbonyl (C=O) groups is 4. The van der Waals surface area contributed by atoms with Crippen molar-refractivity contribution in [2.24, 2.45) is 11.8 Å². The number of piperidine rings is 1. The Kier molecular flexibility index (Phi) is 19.1. The lowest BCUT2D eigenvalue weighted by Crippen LogP contribution is -2.48. The Morgan fingerprint density at radius 1 is 0.966 bits per heavy atom. The maximum Gasteiger partial charge on any atom is 0.486 e. The summed E-state index contributed by atoms with van der Waals surface area (Å²) in [6.07, 6.45) is 2.29. The van der Waals surface area contributed by atoms with Gasteiger partial charge in [0, 0.05) is 37.5 Å². The zero-order valence-corrected chi connectivity index (χ0v) is 34.2. The minimum atomic E-state index is -2.96. The molecule has 1 fully saturated rings. The highest BCUT2D eigenvalue weighted by molar-refractivity contribution is 5.88. The quantitative estimate of drug-likeness (QED) is 0.0989. The number of carbonyl (C=O) groups excluding carboxylic acids is 2. The van der Waals surface area contributed by atoms with Crippen LogP contribution in [0.2, 0.25) is 0 Å². The summed E-state index contributed by atoms with van der Waals surface area (Å²) in [6.45, 7) is 3.09. The van der Waals surface area contributed by atoms with Crippen LogP contribution in [0.15, 0.2) is 36.4 Å². The monoisotopic (exact) mass is 830 g/mol. The van der Waals surface area contributed by atoms with Crippen LogP contribution in [0.3, 0.4) is 0 Å². The Morgan fingerprint density at radius 2 is 1.63 bits per heavy atom. The van der Waals surface area contributed by atoms with Crippen LogP contribution in [-0.2, 0) is 35.3 Å². The third-order valence-corrected chi connectivity index (χ3v) is 10.0. The van der Waals surface area contributed by atoms with E-state index in [0.29, 0.717) is 61.9 Å². The van der Waals surface area contributed by atoms with Gasteiger partial charge in [0.15, 0.2) is 41.8 Å². The van der Waals surface area contributed by atoms with Gasteiger partial charge in [-0.2, -0.15) is 10.1 Å². The number of amides is 1. The maximum absolute atomic E-state index is 13.0. The zero-order chi connectivity index (χ0) is 43.5. The molecule has 0 spiro atoms. The Balaban J connectivity index is 1.56. The molecule has 19 heteroatoms. The second-order valence-corrected chi connectivity index (χ2v) is 14.4. The third-order valence-electron chi connectivity index (χ3n) is 10.0. The van der Waals surface area contributed by atoms with Gasteiger partial charge in [0.25, 0.3) is 5.91 Å². The minimum absolute atomic E-state index is 0.0721. The molecule has 0 aliphatic carbocycles. The van der Waals surface area contributed by atoms with E-state index < -0.39 is 47.3 Å². The fourth-order valence-corrected chi connectivity index (χ4v) is 6.71. The predicted molar refractivity (Wildman–Crippen MR) is 208 cm³/mol. The smallest absolute Gasteiger partial charge is 0.486 e. The molecule has 3 rings (SSSR count). The molecule has 0 saturated carbocycles. The molecule has 4 N–H and O–H groups in total. The predicted octanol–water partition coefficient (Wildman–Crippen LogP) is 3.62. The summed E-state index contributed by atoms with van der Waals surface area (Å²) in [5, 5.41) is 38.8. The van der Waals surface area contributed by atoms with Crippen molar-refractivity contribution >= 4 is 23.8 Å². The number of carboxylic acids is 2. The standard InChI is InChI=1S/C40H55N5O14/c1-6-7-28(24-41)8-11-31(43(2)17-14-27-9-12-32(54-3)34(20-27)56-5)30-10-13-33(55-4)35(21-30)57-26-36(46)42-44-18-15-29(16-19-44)25-58-45(53)59-38(49)23-40(52,39(50)51)22-37(47)48/h9-10,12-13,20-21,28-29,31,52H,6-8,11,14-19,22-23,25-26H2,1-5H3,(H2-,42,46,47,48,50,51)/p+1. The number of aliphatic carboxylic acids is 2. The lowest BCUT2D eigenvalue weighted by Gasteiger charge is -2.31. The maximum atomic E-state index is 13.0. The van der Waals surface area contributed by atoms with Crippen molar-refractivity contribution in [1.29, 1.82) is 5.26 Å². The van der Waals surface area contributed by atoms with Crippen LogP contribution >= 0.6 is 0 Å². The second kappa shape index (κ2) is 23.6. The topological polar surface area (TPSA) is 247 Å². The van der Waals surface area contributed by atoms with Crippen molar-refractivity contribution in [2.75, 3.05) is 61.2 Å². The fraction of sp³-hybridized carbons (Fsp3) is 0.575. The van der Waals surface area contributed by atoms with Gasteiger partial charge in [-0.05, 0) is 81.0 Å². The molecule has 2 aromatic rings. The number of rotatable bonds is 26. The molecule has 3 atom stereocenters. The van der Waals surface area contributed by atoms with Crippen molar-refractivity contribution in [3.63, 3.8) is 0 Å². The number of nitriles is 1. The Hall–Kier alpha value is -5.71. The van der Waals surface area contributed by atoms with Crippen LogP contribution in [0.25, 0.3) is 0 Å². The number of benzene rings is 2. The first-order chi connectivity index (χ1) is 28.1. The van der Waals surface area contributed by atoms with Crippen LogP contribution in [0.4, 0.5) is 0 Å². The minimum Gasteiger partial charge on any atom is -0.493 e. The first-order valence-electron chi connectivity index (χ1n) is 19.3. The number of carboxylic acid groups (broad SMARTS) is 2. The highest BCUT2D eigenvalue weighted by Crippen LogP contribution is 2.35. The molecule has 324 valence electrons. The Labute approximate surface area is 343 Å². The van der Waals surface area contributed by atoms with Crippen LogP contribution < -0.4 is 24.4 Å². The van der Waals surface area contributed by atoms with Crippen molar-refractivity contribution in [3.8, 4) is 29.1 Å². The number of hydrogen-bond donors (Lipinski definition) is 4. The number of ether oxygens (including phenoxy) is 4. The molecule has 1 saturated heterocycles. The number of nitrogens with zero attached hydrogens (tertiary/aromatic N) is 4. The summed E-state index contributed by atoms with van der Waals surface area (Å²) in [7, 11) is 6.76. The fourth-order valence-electron chi connectivity index (χ4n) is 6.71. The van der Waals surface area contributed by atoms with Crippen LogP contribution in [0, 0.1) is 28.1 Å². The molecule has 19 nitrogen and oxygen atoms in total. The van der Waals surface area contributed by atoms with Gasteiger partial charge in [-0.15, -0.1) is 4.84 Å². The highest BCUT2D eigenvalue weighted by Gasteiger charge is 2.43. The average Bonchev–Trinajstić information content (AvgIpc) is 3.20. The summed E-state index contributed by atoms with van der Waals surface area (Å²) < 4.78 is 22.4. The molecule has 2 aromatic carbocycles. The molecule has 0 bridgehead atoms. The van der Waals surface area contributed by atoms with Crippen molar-refractivity contribution in [2.45, 2.75) is 76.4 Å². The largest absolute Gasteiger partial charge is 0.493 e. The van der Waals surface area contributed by atoms with Crippen molar-refractivity contribution in [3.05, 3.63) is 52.4 Å². The van der Waals surface area contributed by atoms with E-state index in [0.717, 1.165) is 36.8 Å². The van der Waals surface area contributed by atoms with E-state index in [9.17, 15) is 34.5 Å². The zero-order valence-electron chi connectivity index (χ0n) is 34.2. The normalized spacial score (nSPS) is 15.2. The number of nitrogens with one attached hydrogen (secondary N) is 1. The summed E-state index contributed by atoms with van der Waals surface area (Å²) in [4.78, 5) is 70.4. The van der Waals surface area contributed by atoms with E-state index in [1.807, 2.05) is 37.4 Å². The van der Waals surface area contributed by atoms with Gasteiger partial charge < -0.3 is 34.3 Å². The van der Waals surface area contributed by atoms with E-state index in [4.69, 9.17) is 34.0 Å². The molecule has 1 aliphatic heterocycles. The SMILES string of the molecule is CCCC(C#N)CCC(c1ccc(OC)c(OCC(=O)NN2CCC(CO[N+](=O)OC(=O)CC(O)(CC(=O)O)C(=O)O)CC2)c1)N(C)CCc1ccc(OC)c(OC)c1. The lowest BCUT2D eigenvalue weighted by molar-refractivity contribution is -0.964. The number of hydrazine groups is 1. The van der Waals surface area contributed by atoms with E-state index in [1.54, 1.807) is 25.3 Å². The Bertz CT molecular complexity index is 1780. The van der Waals surface area contributed by atoms with Gasteiger partial charge in [0.1, 0.15) is 4.91 Å². The van der Waals surface area contributed by atoms with Crippen LogP contribution in [0.5, 0.6) is 23.0 Å². The number of likely N-dealkylation sites (N-methyl/N-ethyl adjacent to an activating group) is 1. The van der Waals surface area contributed by atoms with E-state index in [2.05, 4.69) is 28.2 Å². The summed E-state index contributed by atoms with van der Waals surface area (Å²) in [5.74, 6) is -3.64. The van der Waals surface area contributed by atoms with Gasteiger partial charge in [-0.25, -0.2) is 14.6 Å². The molecular formula is C40H56N5O14+. The molecule has 1 amide bonds. The third kappa shape index (κ3) is 15.2. The number of hydrogen-bond acceptors (Lipinski definition) is 15. The summed E-state index contributed by atoms with van der Waals surface area (Å²) in [6, 6.07) is 13.9. The molecule has 0 radical (unpaired) electrons. The lowest BCUT2D eigenvalue weighted by atomic mass is 9.92. The van der Waals surface area contributed by atoms with Crippen molar-refractivity contribution in [1.82, 2.24) is 15.3 Å². The van der Waals surface area contributed by atoms with Crippen molar-refractivity contribution < 1.29 is 68.2 Å². The van der Waals surface area contributed by atoms with Crippen LogP contribution in [0.1, 0.15) is 75.5 Å². The molecule has 1 heterocycles. The van der Waals surface area contributed by atoms with Gasteiger partial charge in [0.05, 0.1) is 40.2 Å². The first-order valence-corrected chi connectivity index (χ1v) is 19.3. The molecule has 3 unspecified atom stereocenters. The summed E-state index contributed by atoms with van der Waals surface area (Å²) in [5.41, 5.74) is 1.88. The molecule has 0 aromatic heterocycles. The molecular weight excluding hydrogens is 774 g/mol. The number of methoxy groups -OCH3 is 3. The van der Waals surface area contributed by atoms with E-state index >= 15 is 0 Å². The van der Waals surface area contributed by atoms with E-state index in [-0.39, 0.29) is 31.1 Å². The van der Waals surface area contributed by atoms with E-state index in [1.165, 1.54) is 7.11 Å². The number of aliphatic hydroxyl groups is 1. The van der Waals surface area contributed by atoms with Gasteiger partial charge in [-0.1, -0.05) is 25.5 Å².